The molecule has 61 heavy (non-hydrogen) atoms. The fraction of sp³-hybridized carbons (Fsp3) is 0.681. The molecule has 0 spiro atoms. The molecule has 0 aromatic rings. The number of carbonyl (C=O) groups is 2. The van der Waals surface area contributed by atoms with Crippen LogP contribution in [0.2, 0.25) is 0 Å². The lowest BCUT2D eigenvalue weighted by Crippen LogP contribution is -2.53. The van der Waals surface area contributed by atoms with Gasteiger partial charge in [-0.25, -0.2) is 0 Å². The first-order chi connectivity index (χ1) is 28.7. The standard InChI is InChI=1S/C47H74N4O10/c1-26(37(54)10-7-11-38(55)27(2)13-18-33(53)24-31-9-8-22-51(31)46(48)49)12-16-32(52)17-14-28(3)42(58)29(4)15-19-35-30(5)23-34-36(20-21-39(56)43(34)59)47(35,6)44(60)41-40(57)25-50-45(41)61/h7,10,12-14,16,23,26,29,31-39,42-43,52-56,58-60H,8-9,11,15,17-22,24-25H2,1-6H3,(H3,48,49)(H,50,61)/b10-7+,16-12+,27-13-,28-14+,44-41+. The first-order valence-corrected chi connectivity index (χ1v) is 22.2. The second kappa shape index (κ2) is 22.1. The topological polar surface area (TPSA) is 261 Å². The van der Waals surface area contributed by atoms with Gasteiger partial charge in [-0.05, 0) is 114 Å². The molecule has 0 bridgehead atoms. The molecule has 4 rings (SSSR count). The van der Waals surface area contributed by atoms with Crippen molar-refractivity contribution in [1.82, 2.24) is 10.2 Å². The Hall–Kier alpha value is -3.63. The van der Waals surface area contributed by atoms with Gasteiger partial charge in [0.05, 0.1) is 49.3 Å². The molecule has 342 valence electrons. The van der Waals surface area contributed by atoms with Crippen LogP contribution in [0.4, 0.5) is 0 Å². The van der Waals surface area contributed by atoms with Gasteiger partial charge in [0.15, 0.2) is 11.7 Å². The van der Waals surface area contributed by atoms with Gasteiger partial charge < -0.3 is 56.8 Å². The summed E-state index contributed by atoms with van der Waals surface area (Å²) in [5.74, 6) is -3.02. The summed E-state index contributed by atoms with van der Waals surface area (Å²) in [6, 6.07) is 0.0491. The number of carbonyl (C=O) groups excluding carboxylic acids is 2. The smallest absolute Gasteiger partial charge is 0.258 e. The lowest BCUT2D eigenvalue weighted by molar-refractivity contribution is -0.118. The van der Waals surface area contributed by atoms with Crippen LogP contribution in [0.25, 0.3) is 0 Å². The van der Waals surface area contributed by atoms with Crippen molar-refractivity contribution >= 4 is 17.6 Å². The predicted molar refractivity (Wildman–Crippen MR) is 235 cm³/mol. The first kappa shape index (κ1) is 50.0. The Morgan fingerprint density at radius 2 is 1.69 bits per heavy atom. The van der Waals surface area contributed by atoms with Crippen molar-refractivity contribution in [3.63, 3.8) is 0 Å². The third-order valence-corrected chi connectivity index (χ3v) is 14.1. The van der Waals surface area contributed by atoms with Gasteiger partial charge in [-0.3, -0.25) is 15.0 Å². The number of hydrogen-bond acceptors (Lipinski definition) is 11. The average Bonchev–Trinajstić information content (AvgIpc) is 3.83. The van der Waals surface area contributed by atoms with E-state index in [-0.39, 0.29) is 66.4 Å². The molecule has 14 heteroatoms. The molecule has 1 saturated carbocycles. The molecule has 2 heterocycles. The molecule has 12 N–H and O–H groups in total. The van der Waals surface area contributed by atoms with Crippen LogP contribution in [-0.2, 0) is 9.59 Å². The van der Waals surface area contributed by atoms with E-state index in [2.05, 4.69) is 5.32 Å². The Bertz CT molecular complexity index is 1720. The minimum absolute atomic E-state index is 0.0283. The highest BCUT2D eigenvalue weighted by Gasteiger charge is 2.56. The Kier molecular flexibility index (Phi) is 18.1. The van der Waals surface area contributed by atoms with Crippen molar-refractivity contribution in [2.45, 2.75) is 155 Å². The van der Waals surface area contributed by atoms with Gasteiger partial charge in [0.1, 0.15) is 11.3 Å². The van der Waals surface area contributed by atoms with Crippen molar-refractivity contribution in [2.24, 2.45) is 40.7 Å². The molecule has 0 aromatic heterocycles. The number of Topliss-reactive ketones (excluding diaryl/α,β-unsaturated/α-hetero) is 1. The molecule has 2 aliphatic carbocycles. The number of amides is 1. The monoisotopic (exact) mass is 855 g/mol. The number of aliphatic hydroxyl groups is 8. The summed E-state index contributed by atoms with van der Waals surface area (Å²) in [6.45, 7) is 11.6. The van der Waals surface area contributed by atoms with Crippen molar-refractivity contribution < 1.29 is 50.4 Å². The quantitative estimate of drug-likeness (QED) is 0.0223. The third-order valence-electron chi connectivity index (χ3n) is 14.1. The summed E-state index contributed by atoms with van der Waals surface area (Å²) >= 11 is 0. The number of hydrogen-bond donors (Lipinski definition) is 11. The summed E-state index contributed by atoms with van der Waals surface area (Å²) in [6.07, 6.45) is 11.4. The van der Waals surface area contributed by atoms with Crippen molar-refractivity contribution in [3.8, 4) is 0 Å². The molecule has 1 amide bonds. The Balaban J connectivity index is 1.28. The number of fused-ring (bicyclic) bond motifs is 1. The summed E-state index contributed by atoms with van der Waals surface area (Å²) in [7, 11) is 0. The molecule has 2 saturated heterocycles. The number of ketones is 1. The first-order valence-electron chi connectivity index (χ1n) is 22.2. The van der Waals surface area contributed by atoms with Crippen LogP contribution in [0.3, 0.4) is 0 Å². The zero-order chi connectivity index (χ0) is 45.3. The van der Waals surface area contributed by atoms with E-state index in [0.717, 1.165) is 30.5 Å². The van der Waals surface area contributed by atoms with Crippen LogP contribution in [0, 0.1) is 40.4 Å². The SMILES string of the molecule is CC1=CC2C(O)C(O)CCC2C(C)(/C(O)=C2/C(=O)CNC2=O)C1CCC(C)C(O)/C(C)=C/CC(O)/C=C/C(C)C(O)/C=C/CC(O)/C(C)=C\CC(O)CC1CCCN1C(=N)N. The van der Waals surface area contributed by atoms with E-state index < -0.39 is 65.8 Å². The number of nitrogens with one attached hydrogen (secondary N) is 2. The number of nitrogens with two attached hydrogens (primary N) is 1. The van der Waals surface area contributed by atoms with Gasteiger partial charge in [-0.2, -0.15) is 0 Å². The maximum atomic E-state index is 12.8. The van der Waals surface area contributed by atoms with Crippen LogP contribution in [0.15, 0.2) is 70.6 Å². The third kappa shape index (κ3) is 12.3. The highest BCUT2D eigenvalue weighted by molar-refractivity contribution is 6.25. The lowest BCUT2D eigenvalue weighted by Gasteiger charge is -2.54. The summed E-state index contributed by atoms with van der Waals surface area (Å²) in [5, 5.41) is 97.4. The van der Waals surface area contributed by atoms with Crippen molar-refractivity contribution in [3.05, 3.63) is 70.6 Å². The second-order valence-corrected chi connectivity index (χ2v) is 18.5. The van der Waals surface area contributed by atoms with Gasteiger partial charge in [0.25, 0.3) is 5.91 Å². The van der Waals surface area contributed by atoms with E-state index in [4.69, 9.17) is 11.1 Å². The van der Waals surface area contributed by atoms with Gasteiger partial charge in [-0.1, -0.05) is 68.9 Å². The number of allylic oxidation sites excluding steroid dienone is 2. The molecule has 4 aliphatic rings. The van der Waals surface area contributed by atoms with Crippen LogP contribution < -0.4 is 11.1 Å². The van der Waals surface area contributed by atoms with Gasteiger partial charge >= 0.3 is 0 Å². The van der Waals surface area contributed by atoms with E-state index in [9.17, 15) is 50.4 Å². The Morgan fingerprint density at radius 1 is 1.00 bits per heavy atom. The summed E-state index contributed by atoms with van der Waals surface area (Å²) in [4.78, 5) is 27.3. The van der Waals surface area contributed by atoms with E-state index in [1.807, 2.05) is 44.7 Å². The van der Waals surface area contributed by atoms with Gasteiger partial charge in [0.2, 0.25) is 0 Å². The van der Waals surface area contributed by atoms with Crippen molar-refractivity contribution in [2.75, 3.05) is 13.1 Å². The van der Waals surface area contributed by atoms with Crippen LogP contribution >= 0.6 is 0 Å². The summed E-state index contributed by atoms with van der Waals surface area (Å²) in [5.41, 5.74) is 6.61. The predicted octanol–water partition coefficient (Wildman–Crippen LogP) is 3.61. The molecule has 3 fully saturated rings. The van der Waals surface area contributed by atoms with Crippen LogP contribution in [-0.4, -0.2) is 125 Å². The number of aliphatic hydroxyl groups excluding tert-OH is 8. The maximum absolute atomic E-state index is 12.8. The molecule has 0 aromatic carbocycles. The fourth-order valence-electron chi connectivity index (χ4n) is 10.0. The Morgan fingerprint density at radius 3 is 2.34 bits per heavy atom. The number of likely N-dealkylation sites (tertiary alicyclic amines) is 1. The molecule has 0 radical (unpaired) electrons. The van der Waals surface area contributed by atoms with E-state index in [1.54, 1.807) is 44.2 Å². The maximum Gasteiger partial charge on any atom is 0.258 e. The largest absolute Gasteiger partial charge is 0.511 e. The second-order valence-electron chi connectivity index (χ2n) is 18.5. The normalized spacial score (nSPS) is 32.0. The van der Waals surface area contributed by atoms with E-state index >= 15 is 0 Å². The van der Waals surface area contributed by atoms with E-state index in [0.29, 0.717) is 44.1 Å². The fourth-order valence-corrected chi connectivity index (χ4v) is 10.0. The molecule has 14 atom stereocenters. The van der Waals surface area contributed by atoms with Gasteiger partial charge in [-0.15, -0.1) is 0 Å². The van der Waals surface area contributed by atoms with Crippen LogP contribution in [0.5, 0.6) is 0 Å². The lowest BCUT2D eigenvalue weighted by atomic mass is 9.51. The molecule has 14 unspecified atom stereocenters. The summed E-state index contributed by atoms with van der Waals surface area (Å²) < 4.78 is 0. The highest BCUT2D eigenvalue weighted by atomic mass is 16.3. The number of guanidine groups is 1. The highest BCUT2D eigenvalue weighted by Crippen LogP contribution is 2.58. The molecule has 14 nitrogen and oxygen atoms in total. The van der Waals surface area contributed by atoms with Crippen molar-refractivity contribution in [1.29, 1.82) is 5.41 Å². The zero-order valence-electron chi connectivity index (χ0n) is 37.0. The Labute approximate surface area is 361 Å². The minimum atomic E-state index is -1.08. The molecular formula is C47H74N4O10. The van der Waals surface area contributed by atoms with Gasteiger partial charge in [0, 0.05) is 29.8 Å². The number of nitrogens with zero attached hydrogens (tertiary/aromatic N) is 1. The van der Waals surface area contributed by atoms with E-state index in [1.165, 1.54) is 0 Å². The van der Waals surface area contributed by atoms with Crippen LogP contribution in [0.1, 0.15) is 106 Å². The molecule has 2 aliphatic heterocycles. The zero-order valence-corrected chi connectivity index (χ0v) is 37.0. The molecular weight excluding hydrogens is 781 g/mol. The minimum Gasteiger partial charge on any atom is -0.511 e. The number of rotatable bonds is 19. The average molecular weight is 855 g/mol.